The van der Waals surface area contributed by atoms with Crippen molar-refractivity contribution in [1.29, 1.82) is 0 Å². The van der Waals surface area contributed by atoms with Crippen LogP contribution in [-0.2, 0) is 11.3 Å². The van der Waals surface area contributed by atoms with Crippen LogP contribution in [0.3, 0.4) is 0 Å². The zero-order valence-electron chi connectivity index (χ0n) is 14.1. The van der Waals surface area contributed by atoms with Crippen LogP contribution in [0.2, 0.25) is 0 Å². The molecule has 0 aromatic heterocycles. The Bertz CT molecular complexity index is 674. The molecule has 0 radical (unpaired) electrons. The van der Waals surface area contributed by atoms with Crippen LogP contribution >= 0.6 is 11.8 Å². The number of benzene rings is 2. The molecule has 126 valence electrons. The van der Waals surface area contributed by atoms with Gasteiger partial charge < -0.3 is 5.32 Å². The van der Waals surface area contributed by atoms with Crippen LogP contribution in [0.5, 0.6) is 0 Å². The zero-order valence-corrected chi connectivity index (χ0v) is 14.9. The van der Waals surface area contributed by atoms with Gasteiger partial charge in [0.2, 0.25) is 5.91 Å². The third-order valence-corrected chi connectivity index (χ3v) is 5.19. The van der Waals surface area contributed by atoms with Crippen molar-refractivity contribution in [1.82, 2.24) is 4.90 Å². The van der Waals surface area contributed by atoms with Gasteiger partial charge >= 0.3 is 0 Å². The summed E-state index contributed by atoms with van der Waals surface area (Å²) in [6.45, 7) is 2.83. The maximum absolute atomic E-state index is 12.6. The van der Waals surface area contributed by atoms with E-state index in [1.807, 2.05) is 30.5 Å². The first-order valence-electron chi connectivity index (χ1n) is 8.46. The second-order valence-electron chi connectivity index (χ2n) is 6.28. The van der Waals surface area contributed by atoms with Gasteiger partial charge in [0.25, 0.3) is 0 Å². The molecule has 2 aromatic carbocycles. The number of amides is 1. The summed E-state index contributed by atoms with van der Waals surface area (Å²) >= 11 is 1.69. The minimum Gasteiger partial charge on any atom is -0.326 e. The largest absolute Gasteiger partial charge is 0.326 e. The molecule has 1 N–H and O–H groups in total. The van der Waals surface area contributed by atoms with Crippen LogP contribution in [-0.4, -0.2) is 30.2 Å². The van der Waals surface area contributed by atoms with Crippen molar-refractivity contribution in [3.8, 4) is 0 Å². The van der Waals surface area contributed by atoms with Crippen LogP contribution in [0.4, 0.5) is 5.69 Å². The molecule has 1 aliphatic heterocycles. The number of hydrogen-bond acceptors (Lipinski definition) is 3. The third-order valence-electron chi connectivity index (χ3n) is 4.46. The predicted octanol–water partition coefficient (Wildman–Crippen LogP) is 4.26. The molecule has 1 heterocycles. The number of carbonyl (C=O) groups is 1. The van der Waals surface area contributed by atoms with E-state index in [4.69, 9.17) is 0 Å². The first kappa shape index (κ1) is 17.1. The molecule has 24 heavy (non-hydrogen) atoms. The Hall–Kier alpha value is -1.78. The van der Waals surface area contributed by atoms with Crippen molar-refractivity contribution >= 4 is 23.4 Å². The Morgan fingerprint density at radius 3 is 2.83 bits per heavy atom. The van der Waals surface area contributed by atoms with Crippen LogP contribution in [0.15, 0.2) is 59.5 Å². The number of carbonyl (C=O) groups excluding carboxylic acids is 1. The molecular weight excluding hydrogens is 316 g/mol. The van der Waals surface area contributed by atoms with Gasteiger partial charge in [0, 0.05) is 23.7 Å². The molecule has 1 atom stereocenters. The second kappa shape index (κ2) is 8.36. The van der Waals surface area contributed by atoms with Crippen LogP contribution in [0, 0.1) is 5.92 Å². The minimum atomic E-state index is 0.0698. The highest BCUT2D eigenvalue weighted by molar-refractivity contribution is 7.98. The van der Waals surface area contributed by atoms with Crippen molar-refractivity contribution in [3.63, 3.8) is 0 Å². The highest BCUT2D eigenvalue weighted by atomic mass is 32.2. The fourth-order valence-electron chi connectivity index (χ4n) is 3.20. The molecule has 0 saturated carbocycles. The number of piperidine rings is 1. The smallest absolute Gasteiger partial charge is 0.228 e. The summed E-state index contributed by atoms with van der Waals surface area (Å²) < 4.78 is 0. The van der Waals surface area contributed by atoms with Gasteiger partial charge in [-0.05, 0) is 49.4 Å². The summed E-state index contributed by atoms with van der Waals surface area (Å²) in [6.07, 6.45) is 4.10. The van der Waals surface area contributed by atoms with E-state index in [1.54, 1.807) is 11.8 Å². The molecule has 1 saturated heterocycles. The van der Waals surface area contributed by atoms with E-state index in [1.165, 1.54) is 10.5 Å². The van der Waals surface area contributed by atoms with Gasteiger partial charge in [-0.15, -0.1) is 11.8 Å². The predicted molar refractivity (Wildman–Crippen MR) is 101 cm³/mol. The van der Waals surface area contributed by atoms with Gasteiger partial charge in [-0.2, -0.15) is 0 Å². The van der Waals surface area contributed by atoms with Gasteiger partial charge in [-0.3, -0.25) is 9.69 Å². The number of hydrogen-bond donors (Lipinski definition) is 1. The molecule has 3 rings (SSSR count). The Morgan fingerprint density at radius 1 is 1.21 bits per heavy atom. The Kier molecular flexibility index (Phi) is 5.94. The summed E-state index contributed by atoms with van der Waals surface area (Å²) in [5, 5.41) is 3.09. The average Bonchev–Trinajstić information content (AvgIpc) is 2.63. The fourth-order valence-corrected chi connectivity index (χ4v) is 3.66. The van der Waals surface area contributed by atoms with E-state index in [-0.39, 0.29) is 11.8 Å². The van der Waals surface area contributed by atoms with E-state index in [0.29, 0.717) is 0 Å². The summed E-state index contributed by atoms with van der Waals surface area (Å²) in [4.78, 5) is 16.2. The quantitative estimate of drug-likeness (QED) is 0.826. The molecule has 3 nitrogen and oxygen atoms in total. The van der Waals surface area contributed by atoms with Crippen LogP contribution in [0.25, 0.3) is 0 Å². The third kappa shape index (κ3) is 4.62. The summed E-state index contributed by atoms with van der Waals surface area (Å²) in [5.74, 6) is 0.214. The fraction of sp³-hybridized carbons (Fsp3) is 0.350. The lowest BCUT2D eigenvalue weighted by atomic mass is 9.96. The van der Waals surface area contributed by atoms with Crippen LogP contribution in [0.1, 0.15) is 18.4 Å². The van der Waals surface area contributed by atoms with Crippen molar-refractivity contribution in [2.45, 2.75) is 24.3 Å². The minimum absolute atomic E-state index is 0.0698. The van der Waals surface area contributed by atoms with Crippen molar-refractivity contribution < 1.29 is 4.79 Å². The van der Waals surface area contributed by atoms with E-state index >= 15 is 0 Å². The topological polar surface area (TPSA) is 32.3 Å². The summed E-state index contributed by atoms with van der Waals surface area (Å²) in [7, 11) is 0. The zero-order chi connectivity index (χ0) is 16.8. The number of thioether (sulfide) groups is 1. The maximum atomic E-state index is 12.6. The number of likely N-dealkylation sites (tertiary alicyclic amines) is 1. The first-order valence-corrected chi connectivity index (χ1v) is 9.68. The van der Waals surface area contributed by atoms with E-state index in [9.17, 15) is 4.79 Å². The van der Waals surface area contributed by atoms with Gasteiger partial charge in [0.05, 0.1) is 5.92 Å². The molecule has 0 spiro atoms. The SMILES string of the molecule is CSc1cccc(NC(=O)C2CCCN(Cc3ccccc3)C2)c1. The Balaban J connectivity index is 1.58. The van der Waals surface area contributed by atoms with Gasteiger partial charge in [-0.25, -0.2) is 0 Å². The number of anilines is 1. The molecule has 1 aliphatic rings. The lowest BCUT2D eigenvalue weighted by molar-refractivity contribution is -0.121. The summed E-state index contributed by atoms with van der Waals surface area (Å²) in [6, 6.07) is 18.5. The highest BCUT2D eigenvalue weighted by Crippen LogP contribution is 2.22. The molecule has 1 fully saturated rings. The van der Waals surface area contributed by atoms with Gasteiger partial charge in [0.15, 0.2) is 0 Å². The molecule has 1 amide bonds. The number of rotatable bonds is 5. The number of nitrogens with one attached hydrogen (secondary N) is 1. The normalized spacial score (nSPS) is 18.3. The van der Waals surface area contributed by atoms with Gasteiger partial charge in [-0.1, -0.05) is 36.4 Å². The second-order valence-corrected chi connectivity index (χ2v) is 7.16. The lowest BCUT2D eigenvalue weighted by Gasteiger charge is -2.32. The Morgan fingerprint density at radius 2 is 2.04 bits per heavy atom. The van der Waals surface area contributed by atoms with E-state index in [0.717, 1.165) is 38.2 Å². The molecule has 2 aromatic rings. The summed E-state index contributed by atoms with van der Waals surface area (Å²) in [5.41, 5.74) is 2.21. The van der Waals surface area contributed by atoms with Crippen molar-refractivity contribution in [2.24, 2.45) is 5.92 Å². The monoisotopic (exact) mass is 340 g/mol. The molecule has 1 unspecified atom stereocenters. The molecular formula is C20H24N2OS. The Labute approximate surface area is 148 Å². The van der Waals surface area contributed by atoms with E-state index in [2.05, 4.69) is 40.5 Å². The number of nitrogens with zero attached hydrogens (tertiary/aromatic N) is 1. The maximum Gasteiger partial charge on any atom is 0.228 e. The molecule has 4 heteroatoms. The first-order chi connectivity index (χ1) is 11.7. The van der Waals surface area contributed by atoms with Gasteiger partial charge in [0.1, 0.15) is 0 Å². The van der Waals surface area contributed by atoms with Crippen molar-refractivity contribution in [3.05, 3.63) is 60.2 Å². The average molecular weight is 340 g/mol. The lowest BCUT2D eigenvalue weighted by Crippen LogP contribution is -2.40. The highest BCUT2D eigenvalue weighted by Gasteiger charge is 2.25. The molecule has 0 bridgehead atoms. The van der Waals surface area contributed by atoms with E-state index < -0.39 is 0 Å². The van der Waals surface area contributed by atoms with Crippen LogP contribution < -0.4 is 5.32 Å². The standard InChI is InChI=1S/C20H24N2OS/c1-24-19-11-5-10-18(13-19)21-20(23)17-9-6-12-22(15-17)14-16-7-3-2-4-8-16/h2-5,7-8,10-11,13,17H,6,9,12,14-15H2,1H3,(H,21,23). The molecule has 0 aliphatic carbocycles. The van der Waals surface area contributed by atoms with Crippen molar-refractivity contribution in [2.75, 3.05) is 24.7 Å².